The predicted molar refractivity (Wildman–Crippen MR) is 65.1 cm³/mol. The van der Waals surface area contributed by atoms with Crippen molar-refractivity contribution in [2.75, 3.05) is 7.11 Å². The second kappa shape index (κ2) is 5.59. The molecule has 0 fully saturated rings. The summed E-state index contributed by atoms with van der Waals surface area (Å²) >= 11 is 0. The lowest BCUT2D eigenvalue weighted by molar-refractivity contribution is 0.161. The number of nitrogens with zero attached hydrogens (tertiary/aromatic N) is 4. The van der Waals surface area contributed by atoms with E-state index < -0.39 is 6.10 Å². The SMILES string of the molecule is COc1ccc(C(O)CCc2cnn(C)c2)nn1. The molecule has 2 aromatic heterocycles. The van der Waals surface area contributed by atoms with Crippen LogP contribution >= 0.6 is 0 Å². The molecule has 2 rings (SSSR count). The third-order valence-corrected chi connectivity index (χ3v) is 2.68. The maximum atomic E-state index is 9.98. The summed E-state index contributed by atoms with van der Waals surface area (Å²) in [4.78, 5) is 0. The van der Waals surface area contributed by atoms with Crippen LogP contribution in [-0.2, 0) is 13.5 Å². The largest absolute Gasteiger partial charge is 0.480 e. The Hall–Kier alpha value is -1.95. The summed E-state index contributed by atoms with van der Waals surface area (Å²) in [6, 6.07) is 3.41. The number of aryl methyl sites for hydroxylation is 2. The summed E-state index contributed by atoms with van der Waals surface area (Å²) in [5, 5.41) is 21.8. The van der Waals surface area contributed by atoms with Crippen molar-refractivity contribution < 1.29 is 9.84 Å². The predicted octanol–water partition coefficient (Wildman–Crippen LogP) is 0.885. The van der Waals surface area contributed by atoms with Gasteiger partial charge in [-0.15, -0.1) is 10.2 Å². The highest BCUT2D eigenvalue weighted by molar-refractivity contribution is 5.13. The van der Waals surface area contributed by atoms with E-state index in [1.807, 2.05) is 13.2 Å². The van der Waals surface area contributed by atoms with E-state index in [4.69, 9.17) is 4.74 Å². The van der Waals surface area contributed by atoms with Gasteiger partial charge in [-0.05, 0) is 24.5 Å². The van der Waals surface area contributed by atoms with Gasteiger partial charge in [-0.25, -0.2) is 0 Å². The minimum atomic E-state index is -0.622. The standard InChI is InChI=1S/C12H16N4O2/c1-16-8-9(7-13-16)3-5-11(17)10-4-6-12(18-2)15-14-10/h4,6-8,11,17H,3,5H2,1-2H3. The van der Waals surface area contributed by atoms with Crippen LogP contribution in [0.3, 0.4) is 0 Å². The van der Waals surface area contributed by atoms with Crippen molar-refractivity contribution in [1.29, 1.82) is 0 Å². The monoisotopic (exact) mass is 248 g/mol. The summed E-state index contributed by atoms with van der Waals surface area (Å²) in [5.41, 5.74) is 1.65. The first-order chi connectivity index (χ1) is 8.69. The highest BCUT2D eigenvalue weighted by Gasteiger charge is 2.10. The molecule has 96 valence electrons. The molecule has 6 nitrogen and oxygen atoms in total. The van der Waals surface area contributed by atoms with Crippen LogP contribution in [-0.4, -0.2) is 32.2 Å². The first-order valence-corrected chi connectivity index (χ1v) is 5.72. The lowest BCUT2D eigenvalue weighted by Crippen LogP contribution is -2.04. The smallest absolute Gasteiger partial charge is 0.233 e. The number of ether oxygens (including phenoxy) is 1. The third-order valence-electron chi connectivity index (χ3n) is 2.68. The summed E-state index contributed by atoms with van der Waals surface area (Å²) in [6.45, 7) is 0. The van der Waals surface area contributed by atoms with Crippen molar-refractivity contribution in [3.8, 4) is 5.88 Å². The van der Waals surface area contributed by atoms with Crippen LogP contribution in [0.25, 0.3) is 0 Å². The van der Waals surface area contributed by atoms with Crippen molar-refractivity contribution in [2.24, 2.45) is 7.05 Å². The number of rotatable bonds is 5. The van der Waals surface area contributed by atoms with E-state index in [1.165, 1.54) is 7.11 Å². The molecule has 0 aliphatic heterocycles. The Balaban J connectivity index is 1.92. The highest BCUT2D eigenvalue weighted by atomic mass is 16.5. The van der Waals surface area contributed by atoms with E-state index in [2.05, 4.69) is 15.3 Å². The number of hydrogen-bond acceptors (Lipinski definition) is 5. The van der Waals surface area contributed by atoms with Crippen LogP contribution in [0.2, 0.25) is 0 Å². The Morgan fingerprint density at radius 3 is 2.78 bits per heavy atom. The van der Waals surface area contributed by atoms with Gasteiger partial charge < -0.3 is 9.84 Å². The van der Waals surface area contributed by atoms with Crippen molar-refractivity contribution >= 4 is 0 Å². The van der Waals surface area contributed by atoms with Crippen LogP contribution in [0, 0.1) is 0 Å². The average Bonchev–Trinajstić information content (AvgIpc) is 2.82. The topological polar surface area (TPSA) is 73.1 Å². The molecular weight excluding hydrogens is 232 g/mol. The molecule has 0 radical (unpaired) electrons. The van der Waals surface area contributed by atoms with Crippen LogP contribution in [0.1, 0.15) is 23.8 Å². The molecule has 0 aliphatic carbocycles. The molecule has 18 heavy (non-hydrogen) atoms. The summed E-state index contributed by atoms with van der Waals surface area (Å²) < 4.78 is 6.66. The second-order valence-corrected chi connectivity index (χ2v) is 4.08. The molecule has 0 spiro atoms. The van der Waals surface area contributed by atoms with Gasteiger partial charge in [-0.3, -0.25) is 4.68 Å². The molecular formula is C12H16N4O2. The molecule has 1 unspecified atom stereocenters. The van der Waals surface area contributed by atoms with E-state index in [0.29, 0.717) is 18.0 Å². The zero-order chi connectivity index (χ0) is 13.0. The zero-order valence-corrected chi connectivity index (χ0v) is 10.4. The fraction of sp³-hybridized carbons (Fsp3) is 0.417. The van der Waals surface area contributed by atoms with Crippen LogP contribution in [0.5, 0.6) is 5.88 Å². The Labute approximate surface area is 105 Å². The van der Waals surface area contributed by atoms with Crippen LogP contribution in [0.4, 0.5) is 0 Å². The number of aliphatic hydroxyl groups excluding tert-OH is 1. The molecule has 1 atom stereocenters. The molecule has 0 saturated carbocycles. The van der Waals surface area contributed by atoms with Gasteiger partial charge in [0, 0.05) is 19.3 Å². The lowest BCUT2D eigenvalue weighted by Gasteiger charge is -2.08. The fourth-order valence-corrected chi connectivity index (χ4v) is 1.67. The Bertz CT molecular complexity index is 495. The molecule has 0 saturated heterocycles. The van der Waals surface area contributed by atoms with E-state index in [0.717, 1.165) is 12.0 Å². The summed E-state index contributed by atoms with van der Waals surface area (Å²) in [7, 11) is 3.40. The summed E-state index contributed by atoms with van der Waals surface area (Å²) in [5.74, 6) is 0.443. The van der Waals surface area contributed by atoms with E-state index >= 15 is 0 Å². The molecule has 0 aromatic carbocycles. The molecule has 6 heteroatoms. The van der Waals surface area contributed by atoms with Gasteiger partial charge in [0.2, 0.25) is 5.88 Å². The first-order valence-electron chi connectivity index (χ1n) is 5.72. The first kappa shape index (κ1) is 12.5. The normalized spacial score (nSPS) is 12.4. The number of hydrogen-bond donors (Lipinski definition) is 1. The van der Waals surface area contributed by atoms with E-state index in [9.17, 15) is 5.11 Å². The average molecular weight is 248 g/mol. The molecule has 1 N–H and O–H groups in total. The van der Waals surface area contributed by atoms with Gasteiger partial charge in [-0.1, -0.05) is 0 Å². The number of aromatic nitrogens is 4. The van der Waals surface area contributed by atoms with Gasteiger partial charge in [0.25, 0.3) is 0 Å². The van der Waals surface area contributed by atoms with Crippen molar-refractivity contribution in [2.45, 2.75) is 18.9 Å². The van der Waals surface area contributed by atoms with Gasteiger partial charge in [0.15, 0.2) is 0 Å². The van der Waals surface area contributed by atoms with Gasteiger partial charge >= 0.3 is 0 Å². The molecule has 0 amide bonds. The Kier molecular flexibility index (Phi) is 3.88. The van der Waals surface area contributed by atoms with Crippen molar-refractivity contribution in [3.05, 3.63) is 35.8 Å². The summed E-state index contributed by atoms with van der Waals surface area (Å²) in [6.07, 6.45) is 4.46. The fourth-order valence-electron chi connectivity index (χ4n) is 1.67. The Morgan fingerprint density at radius 2 is 2.22 bits per heavy atom. The van der Waals surface area contributed by atoms with Crippen molar-refractivity contribution in [1.82, 2.24) is 20.0 Å². The quantitative estimate of drug-likeness (QED) is 0.850. The second-order valence-electron chi connectivity index (χ2n) is 4.08. The van der Waals surface area contributed by atoms with Gasteiger partial charge in [-0.2, -0.15) is 5.10 Å². The molecule has 2 aromatic rings. The van der Waals surface area contributed by atoms with Crippen LogP contribution in [0.15, 0.2) is 24.5 Å². The Morgan fingerprint density at radius 1 is 1.39 bits per heavy atom. The highest BCUT2D eigenvalue weighted by Crippen LogP contribution is 2.17. The van der Waals surface area contributed by atoms with Crippen LogP contribution < -0.4 is 4.74 Å². The number of aliphatic hydroxyl groups is 1. The minimum Gasteiger partial charge on any atom is -0.480 e. The van der Waals surface area contributed by atoms with Crippen molar-refractivity contribution in [3.63, 3.8) is 0 Å². The van der Waals surface area contributed by atoms with Gasteiger partial charge in [0.1, 0.15) is 0 Å². The molecule has 0 bridgehead atoms. The number of methoxy groups -OCH3 is 1. The van der Waals surface area contributed by atoms with Gasteiger partial charge in [0.05, 0.1) is 25.1 Å². The third kappa shape index (κ3) is 3.04. The zero-order valence-electron chi connectivity index (χ0n) is 10.4. The molecule has 0 aliphatic rings. The molecule has 2 heterocycles. The maximum Gasteiger partial charge on any atom is 0.233 e. The maximum absolute atomic E-state index is 9.98. The minimum absolute atomic E-state index is 0.443. The van der Waals surface area contributed by atoms with E-state index in [-0.39, 0.29) is 0 Å². The lowest BCUT2D eigenvalue weighted by atomic mass is 10.1. The van der Waals surface area contributed by atoms with E-state index in [1.54, 1.807) is 23.0 Å².